The quantitative estimate of drug-likeness (QED) is 0.610. The number of carbonyl (C=O) groups is 2. The molecule has 0 spiro atoms. The zero-order chi connectivity index (χ0) is 22.7. The molecule has 1 aliphatic heterocycles. The number of halogens is 1. The Bertz CT molecular complexity index is 1200. The van der Waals surface area contributed by atoms with Gasteiger partial charge in [0.15, 0.2) is 0 Å². The zero-order valence-corrected chi connectivity index (χ0v) is 17.8. The van der Waals surface area contributed by atoms with Crippen molar-refractivity contribution in [2.75, 3.05) is 6.54 Å². The maximum Gasteiger partial charge on any atom is 0.346 e. The molecule has 0 saturated carbocycles. The lowest BCUT2D eigenvalue weighted by molar-refractivity contribution is -0.122. The number of aryl methyl sites for hydroxylation is 1. The summed E-state index contributed by atoms with van der Waals surface area (Å²) in [6.45, 7) is 2.92. The SMILES string of the molecule is CCc1ccc(CNC(=O)Cn2nc3n(c2=O)CCN(Cc2cccc(F)c2)C3=O)cc1. The van der Waals surface area contributed by atoms with Crippen LogP contribution in [-0.2, 0) is 37.4 Å². The molecule has 0 fully saturated rings. The van der Waals surface area contributed by atoms with Crippen molar-refractivity contribution < 1.29 is 14.0 Å². The van der Waals surface area contributed by atoms with Crippen LogP contribution in [0.15, 0.2) is 53.3 Å². The van der Waals surface area contributed by atoms with Crippen LogP contribution in [0, 0.1) is 5.82 Å². The Morgan fingerprint density at radius 3 is 2.53 bits per heavy atom. The molecule has 0 atom stereocenters. The summed E-state index contributed by atoms with van der Waals surface area (Å²) in [4.78, 5) is 39.3. The Morgan fingerprint density at radius 1 is 1.06 bits per heavy atom. The van der Waals surface area contributed by atoms with Crippen LogP contribution < -0.4 is 11.0 Å². The van der Waals surface area contributed by atoms with E-state index in [1.807, 2.05) is 24.3 Å². The Labute approximate surface area is 184 Å². The van der Waals surface area contributed by atoms with Crippen LogP contribution in [0.3, 0.4) is 0 Å². The number of hydrogen-bond donors (Lipinski definition) is 1. The third-order valence-electron chi connectivity index (χ3n) is 5.47. The number of hydrogen-bond acceptors (Lipinski definition) is 4. The fourth-order valence-corrected chi connectivity index (χ4v) is 3.66. The van der Waals surface area contributed by atoms with Crippen LogP contribution in [-0.4, -0.2) is 37.6 Å². The number of benzene rings is 2. The molecule has 3 aromatic rings. The molecule has 1 N–H and O–H groups in total. The van der Waals surface area contributed by atoms with Crippen LogP contribution >= 0.6 is 0 Å². The van der Waals surface area contributed by atoms with Crippen molar-refractivity contribution in [2.45, 2.75) is 39.5 Å². The highest BCUT2D eigenvalue weighted by atomic mass is 19.1. The molecule has 9 heteroatoms. The average molecular weight is 437 g/mol. The van der Waals surface area contributed by atoms with Gasteiger partial charge in [0.1, 0.15) is 12.4 Å². The normalized spacial score (nSPS) is 13.2. The summed E-state index contributed by atoms with van der Waals surface area (Å²) in [5.41, 5.74) is 2.32. The second-order valence-corrected chi connectivity index (χ2v) is 7.72. The molecular formula is C23H24FN5O3. The molecule has 2 aromatic carbocycles. The van der Waals surface area contributed by atoms with Crippen molar-refractivity contribution >= 4 is 11.8 Å². The largest absolute Gasteiger partial charge is 0.350 e. The van der Waals surface area contributed by atoms with Gasteiger partial charge in [0, 0.05) is 26.2 Å². The van der Waals surface area contributed by atoms with Gasteiger partial charge in [-0.1, -0.05) is 43.3 Å². The summed E-state index contributed by atoms with van der Waals surface area (Å²) in [5, 5.41) is 6.87. The monoisotopic (exact) mass is 437 g/mol. The number of amides is 2. The molecule has 8 nitrogen and oxygen atoms in total. The Kier molecular flexibility index (Phi) is 6.16. The Balaban J connectivity index is 1.41. The molecule has 2 heterocycles. The van der Waals surface area contributed by atoms with Crippen molar-refractivity contribution in [3.63, 3.8) is 0 Å². The van der Waals surface area contributed by atoms with Crippen molar-refractivity contribution in [1.29, 1.82) is 0 Å². The number of aromatic nitrogens is 3. The van der Waals surface area contributed by atoms with Crippen molar-refractivity contribution in [3.05, 3.63) is 87.3 Å². The van der Waals surface area contributed by atoms with E-state index in [2.05, 4.69) is 17.3 Å². The van der Waals surface area contributed by atoms with E-state index >= 15 is 0 Å². The summed E-state index contributed by atoms with van der Waals surface area (Å²) >= 11 is 0. The highest BCUT2D eigenvalue weighted by Crippen LogP contribution is 2.13. The average Bonchev–Trinajstić information content (AvgIpc) is 3.10. The van der Waals surface area contributed by atoms with Gasteiger partial charge < -0.3 is 10.2 Å². The van der Waals surface area contributed by atoms with Crippen LogP contribution in [0.2, 0.25) is 0 Å². The first-order valence-corrected chi connectivity index (χ1v) is 10.5. The number of carbonyl (C=O) groups excluding carboxylic acids is 2. The minimum absolute atomic E-state index is 0.0133. The van der Waals surface area contributed by atoms with Crippen molar-refractivity contribution in [2.24, 2.45) is 0 Å². The van der Waals surface area contributed by atoms with E-state index in [-0.39, 0.29) is 37.2 Å². The number of fused-ring (bicyclic) bond motifs is 1. The van der Waals surface area contributed by atoms with Gasteiger partial charge in [0.2, 0.25) is 11.7 Å². The molecule has 1 aromatic heterocycles. The molecular weight excluding hydrogens is 413 g/mol. The lowest BCUT2D eigenvalue weighted by atomic mass is 10.1. The fraction of sp³-hybridized carbons (Fsp3) is 0.304. The lowest BCUT2D eigenvalue weighted by Crippen LogP contribution is -2.42. The fourth-order valence-electron chi connectivity index (χ4n) is 3.66. The third kappa shape index (κ3) is 4.61. The van der Waals surface area contributed by atoms with Gasteiger partial charge in [-0.25, -0.2) is 13.9 Å². The van der Waals surface area contributed by atoms with Crippen LogP contribution in [0.4, 0.5) is 4.39 Å². The first kappa shape index (κ1) is 21.5. The molecule has 0 radical (unpaired) electrons. The number of nitrogens with one attached hydrogen (secondary N) is 1. The smallest absolute Gasteiger partial charge is 0.346 e. The molecule has 166 valence electrons. The highest BCUT2D eigenvalue weighted by molar-refractivity contribution is 5.91. The summed E-state index contributed by atoms with van der Waals surface area (Å²) in [6.07, 6.45) is 0.943. The molecule has 32 heavy (non-hydrogen) atoms. The maximum absolute atomic E-state index is 13.4. The Hall–Kier alpha value is -3.75. The van der Waals surface area contributed by atoms with E-state index in [0.29, 0.717) is 18.7 Å². The van der Waals surface area contributed by atoms with E-state index in [0.717, 1.165) is 16.7 Å². The first-order valence-electron chi connectivity index (χ1n) is 10.5. The Morgan fingerprint density at radius 2 is 1.81 bits per heavy atom. The first-order chi connectivity index (χ1) is 15.4. The van der Waals surface area contributed by atoms with E-state index in [4.69, 9.17) is 0 Å². The van der Waals surface area contributed by atoms with Crippen LogP contribution in [0.25, 0.3) is 0 Å². The summed E-state index contributed by atoms with van der Waals surface area (Å²) in [6, 6.07) is 13.9. The van der Waals surface area contributed by atoms with Gasteiger partial charge in [-0.05, 0) is 35.2 Å². The third-order valence-corrected chi connectivity index (χ3v) is 5.47. The van der Waals surface area contributed by atoms with E-state index in [1.165, 1.54) is 27.2 Å². The second kappa shape index (κ2) is 9.17. The summed E-state index contributed by atoms with van der Waals surface area (Å²) < 4.78 is 15.7. The lowest BCUT2D eigenvalue weighted by Gasteiger charge is -2.26. The van der Waals surface area contributed by atoms with Gasteiger partial charge in [-0.3, -0.25) is 14.2 Å². The number of nitrogens with zero attached hydrogens (tertiary/aromatic N) is 4. The summed E-state index contributed by atoms with van der Waals surface area (Å²) in [7, 11) is 0. The zero-order valence-electron chi connectivity index (χ0n) is 17.8. The molecule has 0 bridgehead atoms. The van der Waals surface area contributed by atoms with Gasteiger partial charge >= 0.3 is 5.69 Å². The van der Waals surface area contributed by atoms with Gasteiger partial charge in [-0.15, -0.1) is 5.10 Å². The molecule has 0 saturated heterocycles. The standard InChI is InChI=1S/C23H24FN5O3/c1-2-16-6-8-17(9-7-16)13-25-20(30)15-29-23(32)28-11-10-27(22(31)21(28)26-29)14-18-4-3-5-19(24)12-18/h3-9,12H,2,10-11,13-15H2,1H3,(H,25,30). The van der Waals surface area contributed by atoms with Crippen LogP contribution in [0.5, 0.6) is 0 Å². The molecule has 0 aliphatic carbocycles. The predicted molar refractivity (Wildman–Crippen MR) is 115 cm³/mol. The van der Waals surface area contributed by atoms with Crippen molar-refractivity contribution in [3.8, 4) is 0 Å². The molecule has 4 rings (SSSR count). The van der Waals surface area contributed by atoms with E-state index in [1.54, 1.807) is 12.1 Å². The van der Waals surface area contributed by atoms with Gasteiger partial charge in [0.25, 0.3) is 5.91 Å². The second-order valence-electron chi connectivity index (χ2n) is 7.72. The van der Waals surface area contributed by atoms with Crippen LogP contribution in [0.1, 0.15) is 34.2 Å². The van der Waals surface area contributed by atoms with Gasteiger partial charge in [-0.2, -0.15) is 0 Å². The maximum atomic E-state index is 13.4. The van der Waals surface area contributed by atoms with Crippen molar-refractivity contribution in [1.82, 2.24) is 24.6 Å². The highest BCUT2D eigenvalue weighted by Gasteiger charge is 2.30. The minimum Gasteiger partial charge on any atom is -0.350 e. The predicted octanol–water partition coefficient (Wildman–Crippen LogP) is 1.72. The number of rotatable bonds is 7. The molecule has 2 amide bonds. The molecule has 1 aliphatic rings. The molecule has 0 unspecified atom stereocenters. The summed E-state index contributed by atoms with van der Waals surface area (Å²) in [5.74, 6) is -1.18. The topological polar surface area (TPSA) is 89.2 Å². The van der Waals surface area contributed by atoms with E-state index in [9.17, 15) is 18.8 Å². The minimum atomic E-state index is -0.499. The van der Waals surface area contributed by atoms with E-state index < -0.39 is 11.6 Å². The van der Waals surface area contributed by atoms with Gasteiger partial charge in [0.05, 0.1) is 0 Å².